The number of aromatic nitrogens is 1. The van der Waals surface area contributed by atoms with Crippen molar-refractivity contribution >= 4 is 71.2 Å². The molecule has 0 fully saturated rings. The van der Waals surface area contributed by atoms with Crippen LogP contribution in [0.1, 0.15) is 52.7 Å². The van der Waals surface area contributed by atoms with Crippen molar-refractivity contribution in [1.82, 2.24) is 4.57 Å². The summed E-state index contributed by atoms with van der Waals surface area (Å²) in [6.45, 7) is 13.9. The van der Waals surface area contributed by atoms with Crippen LogP contribution in [0, 0.1) is 0 Å². The van der Waals surface area contributed by atoms with Gasteiger partial charge in [0.15, 0.2) is 0 Å². The number of rotatable bonds is 8. The minimum Gasteiger partial charge on any atom is -0.310 e. The van der Waals surface area contributed by atoms with Crippen LogP contribution in [0.15, 0.2) is 243 Å². The first-order valence-corrected chi connectivity index (χ1v) is 26.1. The van der Waals surface area contributed by atoms with E-state index < -0.39 is 0 Å². The number of benzene rings is 12. The highest BCUT2D eigenvalue weighted by Crippen LogP contribution is 2.48. The van der Waals surface area contributed by atoms with Crippen LogP contribution in [0.4, 0.5) is 17.1 Å². The maximum atomic E-state index is 2.53. The van der Waals surface area contributed by atoms with Gasteiger partial charge in [0.2, 0.25) is 0 Å². The van der Waals surface area contributed by atoms with Crippen molar-refractivity contribution in [1.29, 1.82) is 0 Å². The van der Waals surface area contributed by atoms with E-state index >= 15 is 0 Å². The van der Waals surface area contributed by atoms with Crippen LogP contribution < -0.4 is 4.90 Å². The molecule has 0 aliphatic heterocycles. The first-order valence-electron chi connectivity index (χ1n) is 26.1. The van der Waals surface area contributed by atoms with Crippen molar-refractivity contribution < 1.29 is 0 Å². The van der Waals surface area contributed by atoms with Crippen molar-refractivity contribution in [3.8, 4) is 50.2 Å². The van der Waals surface area contributed by atoms with Gasteiger partial charge < -0.3 is 9.47 Å². The number of hydrogen-bond donors (Lipinski definition) is 0. The minimum absolute atomic E-state index is 0.0205. The van der Waals surface area contributed by atoms with Gasteiger partial charge in [0.25, 0.3) is 0 Å². The van der Waals surface area contributed by atoms with E-state index in [1.807, 2.05) is 0 Å². The van der Waals surface area contributed by atoms with Crippen LogP contribution >= 0.6 is 0 Å². The van der Waals surface area contributed by atoms with Crippen LogP contribution in [-0.4, -0.2) is 4.57 Å². The lowest BCUT2D eigenvalue weighted by Crippen LogP contribution is -2.11. The fraction of sp³-hybridized carbons (Fsp3) is 0.111. The summed E-state index contributed by atoms with van der Waals surface area (Å²) in [6, 6.07) is 90.3. The van der Waals surface area contributed by atoms with Gasteiger partial charge in [0, 0.05) is 32.9 Å². The van der Waals surface area contributed by atoms with E-state index in [9.17, 15) is 0 Å². The molecule has 0 spiro atoms. The van der Waals surface area contributed by atoms with Crippen LogP contribution in [0.3, 0.4) is 0 Å². The normalized spacial score (nSPS) is 12.2. The van der Waals surface area contributed by atoms with Gasteiger partial charge in [-0.15, -0.1) is 0 Å². The Bertz CT molecular complexity index is 4170. The average Bonchev–Trinajstić information content (AvgIpc) is 3.77. The standard InChI is InChI=1S/C72H58N2/c1-71(2,3)53-34-42-67-63(45-53)64-46-54(72(4,5)6)35-43-68(64)74(67)66-41-33-51-30-38-61-65(40-32-50-31-39-62(66)70(51)69(50)61)73(55-36-28-49(29-37-55)59-26-14-13-24-57(59)47-18-9-7-10-19-47)56-23-17-22-52(44-56)60-27-16-15-25-58(60)48-20-11-8-12-21-48/h7-46H,1-6H3. The molecule has 0 amide bonds. The maximum Gasteiger partial charge on any atom is 0.0541 e. The quantitative estimate of drug-likeness (QED) is 0.138. The van der Waals surface area contributed by atoms with E-state index in [-0.39, 0.29) is 10.8 Å². The molecular weight excluding hydrogens is 893 g/mol. The van der Waals surface area contributed by atoms with E-state index in [1.54, 1.807) is 0 Å². The van der Waals surface area contributed by atoms with Gasteiger partial charge in [0.1, 0.15) is 0 Å². The summed E-state index contributed by atoms with van der Waals surface area (Å²) in [6.07, 6.45) is 0. The molecule has 356 valence electrons. The van der Waals surface area contributed by atoms with Crippen LogP contribution in [0.5, 0.6) is 0 Å². The van der Waals surface area contributed by atoms with Crippen molar-refractivity contribution in [2.45, 2.75) is 52.4 Å². The number of nitrogens with zero attached hydrogens (tertiary/aromatic N) is 2. The molecule has 0 unspecified atom stereocenters. The first-order chi connectivity index (χ1) is 36.0. The maximum absolute atomic E-state index is 2.53. The summed E-state index contributed by atoms with van der Waals surface area (Å²) in [7, 11) is 0. The number of anilines is 3. The molecule has 2 heteroatoms. The molecule has 74 heavy (non-hydrogen) atoms. The summed E-state index contributed by atoms with van der Waals surface area (Å²) in [5, 5.41) is 10.1. The Kier molecular flexibility index (Phi) is 10.7. The highest BCUT2D eigenvalue weighted by molar-refractivity contribution is 6.27. The van der Waals surface area contributed by atoms with Gasteiger partial charge in [-0.3, -0.25) is 0 Å². The Morgan fingerprint density at radius 3 is 1.30 bits per heavy atom. The molecule has 0 atom stereocenters. The molecule has 2 nitrogen and oxygen atoms in total. The van der Waals surface area contributed by atoms with E-state index in [1.165, 1.54) is 110 Å². The zero-order valence-electron chi connectivity index (χ0n) is 43.0. The van der Waals surface area contributed by atoms with Gasteiger partial charge >= 0.3 is 0 Å². The fourth-order valence-corrected chi connectivity index (χ4v) is 11.6. The van der Waals surface area contributed by atoms with Gasteiger partial charge in [-0.1, -0.05) is 224 Å². The predicted octanol–water partition coefficient (Wildman–Crippen LogP) is 20.4. The number of fused-ring (bicyclic) bond motifs is 3. The van der Waals surface area contributed by atoms with E-state index in [0.29, 0.717) is 0 Å². The summed E-state index contributed by atoms with van der Waals surface area (Å²) < 4.78 is 2.53. The Balaban J connectivity index is 1.02. The molecule has 1 heterocycles. The van der Waals surface area contributed by atoms with Crippen LogP contribution in [0.25, 0.3) is 104 Å². The molecule has 0 saturated heterocycles. The Labute approximate surface area is 434 Å². The van der Waals surface area contributed by atoms with E-state index in [2.05, 4.69) is 294 Å². The Hall–Kier alpha value is -8.72. The lowest BCUT2D eigenvalue weighted by Gasteiger charge is -2.28. The van der Waals surface area contributed by atoms with Gasteiger partial charge in [-0.05, 0) is 149 Å². The van der Waals surface area contributed by atoms with Crippen molar-refractivity contribution in [3.05, 3.63) is 254 Å². The zero-order chi connectivity index (χ0) is 50.3. The molecule has 0 bridgehead atoms. The highest BCUT2D eigenvalue weighted by Gasteiger charge is 2.24. The van der Waals surface area contributed by atoms with Gasteiger partial charge in [0.05, 0.1) is 22.4 Å². The molecule has 0 aliphatic rings. The Morgan fingerprint density at radius 1 is 0.311 bits per heavy atom. The van der Waals surface area contributed by atoms with Crippen LogP contribution in [-0.2, 0) is 10.8 Å². The monoisotopic (exact) mass is 950 g/mol. The zero-order valence-corrected chi connectivity index (χ0v) is 43.0. The first kappa shape index (κ1) is 45.2. The number of hydrogen-bond acceptors (Lipinski definition) is 1. The van der Waals surface area contributed by atoms with Crippen molar-refractivity contribution in [2.24, 2.45) is 0 Å². The van der Waals surface area contributed by atoms with Crippen LogP contribution in [0.2, 0.25) is 0 Å². The highest BCUT2D eigenvalue weighted by atomic mass is 15.1. The largest absolute Gasteiger partial charge is 0.310 e. The Morgan fingerprint density at radius 2 is 0.757 bits per heavy atom. The second-order valence-electron chi connectivity index (χ2n) is 22.1. The predicted molar refractivity (Wildman–Crippen MR) is 318 cm³/mol. The lowest BCUT2D eigenvalue weighted by molar-refractivity contribution is 0.590. The third-order valence-electron chi connectivity index (χ3n) is 15.5. The molecule has 0 aliphatic carbocycles. The summed E-state index contributed by atoms with van der Waals surface area (Å²) in [5.74, 6) is 0. The lowest BCUT2D eigenvalue weighted by atomic mass is 9.85. The molecule has 13 rings (SSSR count). The SMILES string of the molecule is CC(C)(C)c1ccc2c(c1)c1cc(C(C)(C)C)ccc1n2-c1ccc2ccc3c(N(c4ccc(-c5ccccc5-c5ccccc5)cc4)c4cccc(-c5ccccc5-c5ccccc5)c4)ccc4ccc1c2c43. The van der Waals surface area contributed by atoms with E-state index in [0.717, 1.165) is 22.6 Å². The molecular formula is C72H58N2. The van der Waals surface area contributed by atoms with Crippen molar-refractivity contribution in [3.63, 3.8) is 0 Å². The summed E-state index contributed by atoms with van der Waals surface area (Å²) in [4.78, 5) is 2.47. The molecule has 0 radical (unpaired) electrons. The minimum atomic E-state index is 0.0205. The second kappa shape index (κ2) is 17.5. The third-order valence-corrected chi connectivity index (χ3v) is 15.5. The molecule has 1 aromatic heterocycles. The molecule has 13 aromatic rings. The van der Waals surface area contributed by atoms with Gasteiger partial charge in [-0.25, -0.2) is 0 Å². The fourth-order valence-electron chi connectivity index (χ4n) is 11.6. The summed E-state index contributed by atoms with van der Waals surface area (Å²) in [5.41, 5.74) is 19.3. The molecule has 0 N–H and O–H groups in total. The van der Waals surface area contributed by atoms with E-state index in [4.69, 9.17) is 0 Å². The summed E-state index contributed by atoms with van der Waals surface area (Å²) >= 11 is 0. The third kappa shape index (κ3) is 7.64. The smallest absolute Gasteiger partial charge is 0.0541 e. The van der Waals surface area contributed by atoms with Gasteiger partial charge in [-0.2, -0.15) is 0 Å². The van der Waals surface area contributed by atoms with Crippen molar-refractivity contribution in [2.75, 3.05) is 4.90 Å². The average molecular weight is 951 g/mol. The second-order valence-corrected chi connectivity index (χ2v) is 22.1. The molecule has 12 aromatic carbocycles. The molecule has 0 saturated carbocycles. The topological polar surface area (TPSA) is 8.17 Å².